The molecule has 0 N–H and O–H groups in total. The Hall–Kier alpha value is -11.7. The normalized spacial score (nSPS) is 11.7. The fourth-order valence-electron chi connectivity index (χ4n) is 13.1. The molecule has 87 heavy (non-hydrogen) atoms. The average molecular weight is 1110 g/mol. The summed E-state index contributed by atoms with van der Waals surface area (Å²) in [6, 6.07) is 113. The number of fused-ring (bicyclic) bond motifs is 9. The number of para-hydroxylation sites is 2. The molecule has 17 rings (SSSR count). The van der Waals surface area contributed by atoms with Gasteiger partial charge in [-0.15, -0.1) is 0 Å². The van der Waals surface area contributed by atoms with Crippen molar-refractivity contribution in [2.75, 3.05) is 0 Å². The highest BCUT2D eigenvalue weighted by molar-refractivity contribution is 6.13. The summed E-state index contributed by atoms with van der Waals surface area (Å²) in [5.41, 5.74) is 22.3. The standard InChI is InChI=1S/C81H52N6/c1-5-17-53(18-6-1)60-35-45-69-67-25-13-15-27-73(67)85(75(69)49-60)64-39-29-55(30-40-64)62-37-47-71-72-48-38-63(56-31-41-65(42-32-56)86-74-28-16-14-26-68(74)70-46-36-61(50-76(70)86)54-19-7-2-8-20-54)52-78(72)87(77(71)51-62)66-43-33-59(34-44-66)81-83-79(57-21-9-3-10-22-57)82-80(84-81)58-23-11-4-12-24-58/h1-52H. The fraction of sp³-hybridized carbons (Fsp3) is 0. The van der Waals surface area contributed by atoms with Crippen LogP contribution in [0, 0.1) is 0 Å². The summed E-state index contributed by atoms with van der Waals surface area (Å²) in [5, 5.41) is 7.30. The third kappa shape index (κ3) is 8.61. The zero-order valence-electron chi connectivity index (χ0n) is 47.2. The molecule has 13 aromatic carbocycles. The van der Waals surface area contributed by atoms with E-state index in [0.717, 1.165) is 67.0 Å². The Morgan fingerprint density at radius 2 is 0.379 bits per heavy atom. The summed E-state index contributed by atoms with van der Waals surface area (Å²) < 4.78 is 7.24. The summed E-state index contributed by atoms with van der Waals surface area (Å²) >= 11 is 0. The van der Waals surface area contributed by atoms with Crippen LogP contribution < -0.4 is 0 Å². The molecule has 0 amide bonds. The minimum absolute atomic E-state index is 0.614. The molecule has 17 aromatic rings. The number of hydrogen-bond donors (Lipinski definition) is 0. The molecule has 6 nitrogen and oxygen atoms in total. The van der Waals surface area contributed by atoms with Gasteiger partial charge in [0, 0.05) is 66.1 Å². The third-order valence-electron chi connectivity index (χ3n) is 17.3. The summed E-state index contributed by atoms with van der Waals surface area (Å²) in [6.07, 6.45) is 0. The maximum atomic E-state index is 5.09. The van der Waals surface area contributed by atoms with Gasteiger partial charge in [-0.05, 0) is 129 Å². The van der Waals surface area contributed by atoms with Gasteiger partial charge in [0.1, 0.15) is 0 Å². The van der Waals surface area contributed by atoms with Gasteiger partial charge >= 0.3 is 0 Å². The largest absolute Gasteiger partial charge is 0.309 e. The highest BCUT2D eigenvalue weighted by atomic mass is 15.0. The number of benzene rings is 13. The molecule has 0 unspecified atom stereocenters. The Labute approximate surface area is 502 Å². The molecule has 0 saturated heterocycles. The second-order valence-electron chi connectivity index (χ2n) is 22.4. The first-order chi connectivity index (χ1) is 43.1. The third-order valence-corrected chi connectivity index (χ3v) is 17.3. The van der Waals surface area contributed by atoms with Gasteiger partial charge in [0.05, 0.1) is 33.1 Å². The Morgan fingerprint density at radius 1 is 0.161 bits per heavy atom. The molecule has 0 spiro atoms. The molecule has 0 atom stereocenters. The lowest BCUT2D eigenvalue weighted by Gasteiger charge is -2.13. The first kappa shape index (κ1) is 49.8. The van der Waals surface area contributed by atoms with Crippen molar-refractivity contribution >= 4 is 65.4 Å². The van der Waals surface area contributed by atoms with Crippen LogP contribution in [0.4, 0.5) is 0 Å². The quantitative estimate of drug-likeness (QED) is 0.137. The van der Waals surface area contributed by atoms with Crippen LogP contribution >= 0.6 is 0 Å². The number of hydrogen-bond acceptors (Lipinski definition) is 3. The lowest BCUT2D eigenvalue weighted by Crippen LogP contribution is -2.00. The number of rotatable bonds is 10. The smallest absolute Gasteiger partial charge is 0.164 e. The van der Waals surface area contributed by atoms with Gasteiger partial charge in [0.25, 0.3) is 0 Å². The lowest BCUT2D eigenvalue weighted by molar-refractivity contribution is 1.07. The van der Waals surface area contributed by atoms with Crippen LogP contribution in [0.2, 0.25) is 0 Å². The summed E-state index contributed by atoms with van der Waals surface area (Å²) in [5.74, 6) is 1.88. The van der Waals surface area contributed by atoms with E-state index in [1.165, 1.54) is 76.6 Å². The predicted octanol–water partition coefficient (Wildman–Crippen LogP) is 20.8. The minimum atomic E-state index is 0.614. The van der Waals surface area contributed by atoms with Gasteiger partial charge in [-0.1, -0.05) is 231 Å². The Bertz CT molecular complexity index is 5140. The van der Waals surface area contributed by atoms with Gasteiger partial charge in [-0.3, -0.25) is 0 Å². The monoisotopic (exact) mass is 1110 g/mol. The van der Waals surface area contributed by atoms with Gasteiger partial charge in [-0.2, -0.15) is 0 Å². The second-order valence-corrected chi connectivity index (χ2v) is 22.4. The highest BCUT2D eigenvalue weighted by Gasteiger charge is 2.20. The number of aromatic nitrogens is 6. The molecule has 4 heterocycles. The van der Waals surface area contributed by atoms with Gasteiger partial charge in [0.2, 0.25) is 0 Å². The van der Waals surface area contributed by atoms with Crippen molar-refractivity contribution in [3.05, 3.63) is 315 Å². The van der Waals surface area contributed by atoms with E-state index in [1.807, 2.05) is 60.7 Å². The van der Waals surface area contributed by atoms with Gasteiger partial charge in [-0.25, -0.2) is 15.0 Å². The summed E-state index contributed by atoms with van der Waals surface area (Å²) in [4.78, 5) is 15.1. The fourth-order valence-corrected chi connectivity index (χ4v) is 13.1. The molecule has 0 fully saturated rings. The van der Waals surface area contributed by atoms with Crippen LogP contribution in [-0.2, 0) is 0 Å². The van der Waals surface area contributed by atoms with E-state index in [4.69, 9.17) is 15.0 Å². The molecule has 0 aliphatic heterocycles. The molecular formula is C81H52N6. The summed E-state index contributed by atoms with van der Waals surface area (Å²) in [6.45, 7) is 0. The van der Waals surface area contributed by atoms with Crippen molar-refractivity contribution in [1.29, 1.82) is 0 Å². The minimum Gasteiger partial charge on any atom is -0.309 e. The maximum absolute atomic E-state index is 5.09. The molecular weight excluding hydrogens is 1060 g/mol. The zero-order chi connectivity index (χ0) is 57.4. The van der Waals surface area contributed by atoms with E-state index in [0.29, 0.717) is 17.5 Å². The Balaban J connectivity index is 0.788. The van der Waals surface area contributed by atoms with E-state index < -0.39 is 0 Å². The SMILES string of the molecule is c1ccc(-c2ccc3c4ccccc4n(-c4ccc(-c5ccc6c7ccc(-c8ccc(-n9c%10ccccc%10c%10ccc(-c%11ccccc%11)cc%109)cc8)cc7n(-c7ccc(-c8nc(-c9ccccc9)nc(-c9ccccc9)n8)cc7)c6c5)cc4)c3c2)cc1. The van der Waals surface area contributed by atoms with E-state index in [9.17, 15) is 0 Å². The highest BCUT2D eigenvalue weighted by Crippen LogP contribution is 2.41. The molecule has 0 bridgehead atoms. The van der Waals surface area contributed by atoms with Crippen molar-refractivity contribution in [3.8, 4) is 95.7 Å². The van der Waals surface area contributed by atoms with E-state index >= 15 is 0 Å². The first-order valence-electron chi connectivity index (χ1n) is 29.6. The first-order valence-corrected chi connectivity index (χ1v) is 29.6. The van der Waals surface area contributed by atoms with Crippen molar-refractivity contribution < 1.29 is 0 Å². The predicted molar refractivity (Wildman–Crippen MR) is 361 cm³/mol. The lowest BCUT2D eigenvalue weighted by atomic mass is 10.0. The van der Waals surface area contributed by atoms with E-state index in [1.54, 1.807) is 0 Å². The maximum Gasteiger partial charge on any atom is 0.164 e. The Morgan fingerprint density at radius 3 is 0.701 bits per heavy atom. The number of nitrogens with zero attached hydrogens (tertiary/aromatic N) is 6. The van der Waals surface area contributed by atoms with E-state index in [-0.39, 0.29) is 0 Å². The van der Waals surface area contributed by atoms with Crippen molar-refractivity contribution in [2.24, 2.45) is 0 Å². The van der Waals surface area contributed by atoms with Gasteiger partial charge in [0.15, 0.2) is 17.5 Å². The van der Waals surface area contributed by atoms with Gasteiger partial charge < -0.3 is 13.7 Å². The van der Waals surface area contributed by atoms with Crippen molar-refractivity contribution in [1.82, 2.24) is 28.7 Å². The molecule has 0 aliphatic rings. The Kier molecular flexibility index (Phi) is 11.8. The van der Waals surface area contributed by atoms with Crippen LogP contribution in [0.15, 0.2) is 315 Å². The summed E-state index contributed by atoms with van der Waals surface area (Å²) in [7, 11) is 0. The molecule has 0 radical (unpaired) electrons. The molecule has 0 aliphatic carbocycles. The average Bonchev–Trinajstić information content (AvgIpc) is 1.80. The van der Waals surface area contributed by atoms with Crippen LogP contribution in [-0.4, -0.2) is 28.7 Å². The topological polar surface area (TPSA) is 53.5 Å². The second kappa shape index (κ2) is 20.6. The van der Waals surface area contributed by atoms with Crippen LogP contribution in [0.25, 0.3) is 161 Å². The van der Waals surface area contributed by atoms with Crippen molar-refractivity contribution in [3.63, 3.8) is 0 Å². The van der Waals surface area contributed by atoms with Crippen LogP contribution in [0.1, 0.15) is 0 Å². The zero-order valence-corrected chi connectivity index (χ0v) is 47.2. The molecule has 0 saturated carbocycles. The van der Waals surface area contributed by atoms with Crippen LogP contribution in [0.5, 0.6) is 0 Å². The molecule has 4 aromatic heterocycles. The molecule has 406 valence electrons. The van der Waals surface area contributed by atoms with E-state index in [2.05, 4.69) is 268 Å². The molecule has 6 heteroatoms. The van der Waals surface area contributed by atoms with Crippen molar-refractivity contribution in [2.45, 2.75) is 0 Å². The van der Waals surface area contributed by atoms with Crippen LogP contribution in [0.3, 0.4) is 0 Å².